The van der Waals surface area contributed by atoms with Crippen LogP contribution in [-0.4, -0.2) is 0 Å². The molecule has 0 aliphatic carbocycles. The Hall–Kier alpha value is -0.890. The lowest BCUT2D eigenvalue weighted by atomic mass is 9.83. The second-order valence-corrected chi connectivity index (χ2v) is 4.65. The molecule has 0 radical (unpaired) electrons. The predicted octanol–water partition coefficient (Wildman–Crippen LogP) is 3.44. The van der Waals surface area contributed by atoms with E-state index in [2.05, 4.69) is 13.8 Å². The highest BCUT2D eigenvalue weighted by molar-refractivity contribution is 5.23. The molecule has 0 spiro atoms. The first-order valence-corrected chi connectivity index (χ1v) is 5.50. The van der Waals surface area contributed by atoms with Crippen LogP contribution in [0, 0.1) is 11.7 Å². The van der Waals surface area contributed by atoms with E-state index in [0.29, 0.717) is 5.92 Å². The van der Waals surface area contributed by atoms with Crippen molar-refractivity contribution < 1.29 is 4.39 Å². The van der Waals surface area contributed by atoms with E-state index in [0.717, 1.165) is 18.4 Å². The van der Waals surface area contributed by atoms with E-state index in [9.17, 15) is 4.39 Å². The molecule has 2 heteroatoms. The first kappa shape index (κ1) is 12.2. The van der Waals surface area contributed by atoms with Crippen LogP contribution in [0.4, 0.5) is 4.39 Å². The molecule has 1 nitrogen and oxygen atoms in total. The van der Waals surface area contributed by atoms with Crippen molar-refractivity contribution in [2.75, 3.05) is 0 Å². The zero-order chi connectivity index (χ0) is 11.5. The van der Waals surface area contributed by atoms with Gasteiger partial charge in [0.15, 0.2) is 0 Å². The lowest BCUT2D eigenvalue weighted by Gasteiger charge is -2.28. The van der Waals surface area contributed by atoms with Gasteiger partial charge in [0, 0.05) is 5.54 Å². The van der Waals surface area contributed by atoms with Gasteiger partial charge < -0.3 is 5.73 Å². The van der Waals surface area contributed by atoms with Crippen LogP contribution < -0.4 is 5.73 Å². The van der Waals surface area contributed by atoms with Gasteiger partial charge >= 0.3 is 0 Å². The first-order chi connectivity index (χ1) is 6.95. The van der Waals surface area contributed by atoms with Gasteiger partial charge in [0.05, 0.1) is 0 Å². The summed E-state index contributed by atoms with van der Waals surface area (Å²) in [6.45, 7) is 6.28. The Morgan fingerprint density at radius 1 is 1.47 bits per heavy atom. The standard InChI is InChI=1S/C13H20FN/c1-4-10(2)9-13(3,15)11-6-5-7-12(14)8-11/h5-8,10H,4,9,15H2,1-3H3. The first-order valence-electron chi connectivity index (χ1n) is 5.50. The van der Waals surface area contributed by atoms with E-state index in [1.165, 1.54) is 12.1 Å². The van der Waals surface area contributed by atoms with Crippen LogP contribution in [0.15, 0.2) is 24.3 Å². The molecule has 84 valence electrons. The van der Waals surface area contributed by atoms with Gasteiger partial charge in [-0.2, -0.15) is 0 Å². The van der Waals surface area contributed by atoms with Gasteiger partial charge in [-0.15, -0.1) is 0 Å². The molecule has 0 saturated heterocycles. The predicted molar refractivity (Wildman–Crippen MR) is 62.0 cm³/mol. The van der Waals surface area contributed by atoms with Crippen LogP contribution in [0.5, 0.6) is 0 Å². The third-order valence-electron chi connectivity index (χ3n) is 2.95. The fourth-order valence-corrected chi connectivity index (χ4v) is 1.83. The molecule has 0 fully saturated rings. The molecule has 1 rings (SSSR count). The van der Waals surface area contributed by atoms with E-state index in [1.54, 1.807) is 6.07 Å². The SMILES string of the molecule is CCC(C)CC(C)(N)c1cccc(F)c1. The van der Waals surface area contributed by atoms with Gasteiger partial charge in [-0.3, -0.25) is 0 Å². The van der Waals surface area contributed by atoms with E-state index in [1.807, 2.05) is 13.0 Å². The van der Waals surface area contributed by atoms with Crippen LogP contribution in [0.1, 0.15) is 39.2 Å². The number of hydrogen-bond acceptors (Lipinski definition) is 1. The molecular formula is C13H20FN. The summed E-state index contributed by atoms with van der Waals surface area (Å²) in [5.74, 6) is 0.344. The number of rotatable bonds is 4. The molecular weight excluding hydrogens is 189 g/mol. The van der Waals surface area contributed by atoms with E-state index >= 15 is 0 Å². The highest BCUT2D eigenvalue weighted by atomic mass is 19.1. The normalized spacial score (nSPS) is 17.1. The molecule has 0 aromatic heterocycles. The number of hydrogen-bond donors (Lipinski definition) is 1. The van der Waals surface area contributed by atoms with Crippen LogP contribution in [0.3, 0.4) is 0 Å². The molecule has 2 N–H and O–H groups in total. The van der Waals surface area contributed by atoms with E-state index in [-0.39, 0.29) is 5.82 Å². The van der Waals surface area contributed by atoms with Crippen molar-refractivity contribution in [3.05, 3.63) is 35.6 Å². The number of benzene rings is 1. The largest absolute Gasteiger partial charge is 0.322 e. The summed E-state index contributed by atoms with van der Waals surface area (Å²) in [5, 5.41) is 0. The van der Waals surface area contributed by atoms with E-state index < -0.39 is 5.54 Å². The van der Waals surface area contributed by atoms with Gasteiger partial charge in [-0.25, -0.2) is 4.39 Å². The summed E-state index contributed by atoms with van der Waals surface area (Å²) in [6.07, 6.45) is 1.98. The minimum absolute atomic E-state index is 0.215. The Labute approximate surface area is 91.5 Å². The Balaban J connectivity index is 2.85. The number of nitrogens with two attached hydrogens (primary N) is 1. The van der Waals surface area contributed by atoms with Crippen LogP contribution in [-0.2, 0) is 5.54 Å². The summed E-state index contributed by atoms with van der Waals surface area (Å²) in [6, 6.07) is 6.59. The average Bonchev–Trinajstić information content (AvgIpc) is 2.17. The Bertz CT molecular complexity index is 320. The zero-order valence-corrected chi connectivity index (χ0v) is 9.76. The molecule has 0 heterocycles. The van der Waals surface area contributed by atoms with Crippen molar-refractivity contribution in [3.63, 3.8) is 0 Å². The van der Waals surface area contributed by atoms with Gasteiger partial charge in [0.1, 0.15) is 5.82 Å². The molecule has 0 saturated carbocycles. The molecule has 2 atom stereocenters. The van der Waals surface area contributed by atoms with Gasteiger partial charge in [-0.05, 0) is 37.0 Å². The maximum absolute atomic E-state index is 13.1. The molecule has 0 aliphatic rings. The molecule has 0 aliphatic heterocycles. The summed E-state index contributed by atoms with van der Waals surface area (Å²) < 4.78 is 13.1. The highest BCUT2D eigenvalue weighted by Crippen LogP contribution is 2.27. The van der Waals surface area contributed by atoms with Crippen molar-refractivity contribution >= 4 is 0 Å². The minimum Gasteiger partial charge on any atom is -0.322 e. The van der Waals surface area contributed by atoms with Crippen molar-refractivity contribution in [1.29, 1.82) is 0 Å². The molecule has 1 aromatic rings. The quantitative estimate of drug-likeness (QED) is 0.807. The minimum atomic E-state index is -0.433. The Kier molecular flexibility index (Phi) is 3.86. The lowest BCUT2D eigenvalue weighted by molar-refractivity contribution is 0.355. The summed E-state index contributed by atoms with van der Waals surface area (Å²) in [4.78, 5) is 0. The topological polar surface area (TPSA) is 26.0 Å². The molecule has 1 aromatic carbocycles. The van der Waals surface area contributed by atoms with Gasteiger partial charge in [0.2, 0.25) is 0 Å². The van der Waals surface area contributed by atoms with Crippen molar-refractivity contribution in [2.45, 2.75) is 39.2 Å². The zero-order valence-electron chi connectivity index (χ0n) is 9.76. The molecule has 0 bridgehead atoms. The van der Waals surface area contributed by atoms with Gasteiger partial charge in [0.25, 0.3) is 0 Å². The smallest absolute Gasteiger partial charge is 0.123 e. The third-order valence-corrected chi connectivity index (χ3v) is 2.95. The summed E-state index contributed by atoms with van der Waals surface area (Å²) >= 11 is 0. The molecule has 2 unspecified atom stereocenters. The number of halogens is 1. The second-order valence-electron chi connectivity index (χ2n) is 4.65. The molecule has 0 amide bonds. The fraction of sp³-hybridized carbons (Fsp3) is 0.538. The lowest BCUT2D eigenvalue weighted by Crippen LogP contribution is -2.34. The van der Waals surface area contributed by atoms with Crippen molar-refractivity contribution in [1.82, 2.24) is 0 Å². The van der Waals surface area contributed by atoms with E-state index in [4.69, 9.17) is 5.73 Å². The van der Waals surface area contributed by atoms with Crippen molar-refractivity contribution in [2.24, 2.45) is 11.7 Å². The fourth-order valence-electron chi connectivity index (χ4n) is 1.83. The maximum atomic E-state index is 13.1. The van der Waals surface area contributed by atoms with Gasteiger partial charge in [-0.1, -0.05) is 32.4 Å². The molecule has 15 heavy (non-hydrogen) atoms. The second kappa shape index (κ2) is 4.75. The van der Waals surface area contributed by atoms with Crippen LogP contribution >= 0.6 is 0 Å². The summed E-state index contributed by atoms with van der Waals surface area (Å²) in [7, 11) is 0. The van der Waals surface area contributed by atoms with Crippen LogP contribution in [0.2, 0.25) is 0 Å². The third kappa shape index (κ3) is 3.31. The average molecular weight is 209 g/mol. The van der Waals surface area contributed by atoms with Crippen LogP contribution in [0.25, 0.3) is 0 Å². The monoisotopic (exact) mass is 209 g/mol. The highest BCUT2D eigenvalue weighted by Gasteiger charge is 2.23. The Morgan fingerprint density at radius 2 is 2.13 bits per heavy atom. The Morgan fingerprint density at radius 3 is 2.67 bits per heavy atom. The maximum Gasteiger partial charge on any atom is 0.123 e. The summed E-state index contributed by atoms with van der Waals surface area (Å²) in [5.41, 5.74) is 6.66. The van der Waals surface area contributed by atoms with Crippen molar-refractivity contribution in [3.8, 4) is 0 Å².